The number of carbonyl (C=O) groups is 1. The first-order valence-electron chi connectivity index (χ1n) is 6.29. The van der Waals surface area contributed by atoms with Gasteiger partial charge < -0.3 is 5.11 Å². The molecule has 1 fully saturated rings. The van der Waals surface area contributed by atoms with E-state index < -0.39 is 16.0 Å². The van der Waals surface area contributed by atoms with Crippen molar-refractivity contribution >= 4 is 27.6 Å². The van der Waals surface area contributed by atoms with Crippen LogP contribution in [0.3, 0.4) is 0 Å². The van der Waals surface area contributed by atoms with Crippen molar-refractivity contribution in [1.29, 1.82) is 5.26 Å². The zero-order valence-electron chi connectivity index (χ0n) is 11.0. The third-order valence-corrected chi connectivity index (χ3v) is 5.43. The van der Waals surface area contributed by atoms with Gasteiger partial charge in [0.05, 0.1) is 21.9 Å². The molecular weight excluding hydrogens is 316 g/mol. The number of rotatable bonds is 6. The van der Waals surface area contributed by atoms with E-state index >= 15 is 0 Å². The lowest BCUT2D eigenvalue weighted by Crippen LogP contribution is -2.35. The van der Waals surface area contributed by atoms with Gasteiger partial charge in [0, 0.05) is 12.6 Å². The third-order valence-electron chi connectivity index (χ3n) is 3.17. The molecule has 0 saturated heterocycles. The van der Waals surface area contributed by atoms with E-state index in [0.717, 1.165) is 12.8 Å². The Kier molecular flexibility index (Phi) is 4.52. The van der Waals surface area contributed by atoms with Crippen molar-refractivity contribution in [2.24, 2.45) is 0 Å². The van der Waals surface area contributed by atoms with E-state index in [2.05, 4.69) is 0 Å². The van der Waals surface area contributed by atoms with Crippen molar-refractivity contribution in [2.45, 2.75) is 30.2 Å². The molecule has 0 heterocycles. The summed E-state index contributed by atoms with van der Waals surface area (Å²) in [5.74, 6) is -1.05. The highest BCUT2D eigenvalue weighted by molar-refractivity contribution is 7.89. The van der Waals surface area contributed by atoms with Crippen LogP contribution in [0, 0.1) is 11.3 Å². The maximum absolute atomic E-state index is 12.6. The molecule has 0 radical (unpaired) electrons. The molecule has 21 heavy (non-hydrogen) atoms. The Labute approximate surface area is 127 Å². The number of aliphatic carboxylic acids is 1. The van der Waals surface area contributed by atoms with Gasteiger partial charge in [0.2, 0.25) is 10.0 Å². The molecule has 0 atom stereocenters. The first-order valence-corrected chi connectivity index (χ1v) is 8.11. The maximum atomic E-state index is 12.6. The Morgan fingerprint density at radius 3 is 2.62 bits per heavy atom. The predicted molar refractivity (Wildman–Crippen MR) is 75.3 cm³/mol. The summed E-state index contributed by atoms with van der Waals surface area (Å²) >= 11 is 5.86. The van der Waals surface area contributed by atoms with Crippen LogP contribution in [0.5, 0.6) is 0 Å². The first-order chi connectivity index (χ1) is 9.86. The van der Waals surface area contributed by atoms with E-state index in [1.54, 1.807) is 0 Å². The zero-order chi connectivity index (χ0) is 15.6. The molecular formula is C13H13ClN2O4S. The third kappa shape index (κ3) is 3.53. The van der Waals surface area contributed by atoms with Crippen LogP contribution in [0.4, 0.5) is 0 Å². The monoisotopic (exact) mass is 328 g/mol. The Morgan fingerprint density at radius 1 is 1.48 bits per heavy atom. The van der Waals surface area contributed by atoms with Gasteiger partial charge in [-0.2, -0.15) is 9.57 Å². The molecule has 1 aliphatic carbocycles. The normalized spacial score (nSPS) is 14.9. The minimum atomic E-state index is -3.80. The standard InChI is InChI=1S/C13H13ClN2O4S/c14-12-7-11(4-1-9(12)8-15)21(19,20)16(10-2-3-10)6-5-13(17)18/h1,4,7,10H,2-3,5-6H2,(H,17,18). The van der Waals surface area contributed by atoms with Crippen LogP contribution in [0.15, 0.2) is 23.1 Å². The molecule has 8 heteroatoms. The van der Waals surface area contributed by atoms with Crippen LogP contribution in [0.2, 0.25) is 5.02 Å². The number of hydrogen-bond acceptors (Lipinski definition) is 4. The summed E-state index contributed by atoms with van der Waals surface area (Å²) in [5, 5.41) is 17.6. The van der Waals surface area contributed by atoms with Crippen molar-refractivity contribution < 1.29 is 18.3 Å². The minimum absolute atomic E-state index is 0.0243. The summed E-state index contributed by atoms with van der Waals surface area (Å²) in [4.78, 5) is 10.6. The predicted octanol–water partition coefficient (Wildman–Crippen LogP) is 1.84. The number of nitrogens with zero attached hydrogens (tertiary/aromatic N) is 2. The number of sulfonamides is 1. The van der Waals surface area contributed by atoms with Crippen LogP contribution in [0.25, 0.3) is 0 Å². The average molecular weight is 329 g/mol. The summed E-state index contributed by atoms with van der Waals surface area (Å²) in [7, 11) is -3.80. The Bertz CT molecular complexity index is 707. The fourth-order valence-corrected chi connectivity index (χ4v) is 3.95. The number of hydrogen-bond donors (Lipinski definition) is 1. The number of nitriles is 1. The summed E-state index contributed by atoms with van der Waals surface area (Å²) < 4.78 is 26.3. The summed E-state index contributed by atoms with van der Waals surface area (Å²) in [6.45, 7) is -0.0695. The van der Waals surface area contributed by atoms with E-state index in [1.807, 2.05) is 6.07 Å². The second-order valence-electron chi connectivity index (χ2n) is 4.74. The van der Waals surface area contributed by atoms with Crippen molar-refractivity contribution in [3.63, 3.8) is 0 Å². The van der Waals surface area contributed by atoms with Gasteiger partial charge in [0.1, 0.15) is 6.07 Å². The van der Waals surface area contributed by atoms with Gasteiger partial charge in [0.15, 0.2) is 0 Å². The van der Waals surface area contributed by atoms with Crippen LogP contribution in [-0.2, 0) is 14.8 Å². The average Bonchev–Trinajstić information content (AvgIpc) is 3.22. The quantitative estimate of drug-likeness (QED) is 0.859. The lowest BCUT2D eigenvalue weighted by Gasteiger charge is -2.21. The molecule has 0 aliphatic heterocycles. The van der Waals surface area contributed by atoms with E-state index in [1.165, 1.54) is 22.5 Å². The maximum Gasteiger partial charge on any atom is 0.304 e. The molecule has 0 aromatic heterocycles. The van der Waals surface area contributed by atoms with E-state index in [9.17, 15) is 13.2 Å². The SMILES string of the molecule is N#Cc1ccc(S(=O)(=O)N(CCC(=O)O)C2CC2)cc1Cl. The largest absolute Gasteiger partial charge is 0.481 e. The highest BCUT2D eigenvalue weighted by Gasteiger charge is 2.38. The highest BCUT2D eigenvalue weighted by atomic mass is 35.5. The van der Waals surface area contributed by atoms with E-state index in [0.29, 0.717) is 0 Å². The topological polar surface area (TPSA) is 98.5 Å². The van der Waals surface area contributed by atoms with E-state index in [4.69, 9.17) is 22.0 Å². The van der Waals surface area contributed by atoms with Gasteiger partial charge in [-0.05, 0) is 31.0 Å². The van der Waals surface area contributed by atoms with Crippen molar-refractivity contribution in [3.8, 4) is 6.07 Å². The molecule has 1 aromatic carbocycles. The smallest absolute Gasteiger partial charge is 0.304 e. The highest BCUT2D eigenvalue weighted by Crippen LogP contribution is 2.33. The molecule has 1 saturated carbocycles. The molecule has 112 valence electrons. The fraction of sp³-hybridized carbons (Fsp3) is 0.385. The van der Waals surface area contributed by atoms with Gasteiger partial charge >= 0.3 is 5.97 Å². The van der Waals surface area contributed by atoms with Crippen molar-refractivity contribution in [1.82, 2.24) is 4.31 Å². The molecule has 1 aromatic rings. The number of carboxylic acid groups (broad SMARTS) is 1. The van der Waals surface area contributed by atoms with Gasteiger partial charge in [-0.15, -0.1) is 0 Å². The van der Waals surface area contributed by atoms with Crippen LogP contribution >= 0.6 is 11.6 Å². The number of halogens is 1. The molecule has 0 bridgehead atoms. The fourth-order valence-electron chi connectivity index (χ4n) is 1.95. The molecule has 1 N–H and O–H groups in total. The van der Waals surface area contributed by atoms with Gasteiger partial charge in [-0.25, -0.2) is 8.42 Å². The Balaban J connectivity index is 2.32. The summed E-state index contributed by atoms with van der Waals surface area (Å²) in [6, 6.07) is 5.60. The van der Waals surface area contributed by atoms with Crippen molar-refractivity contribution in [3.05, 3.63) is 28.8 Å². The Hall–Kier alpha value is -1.62. The Morgan fingerprint density at radius 2 is 2.14 bits per heavy atom. The molecule has 2 rings (SSSR count). The lowest BCUT2D eigenvalue weighted by molar-refractivity contribution is -0.137. The van der Waals surface area contributed by atoms with Crippen LogP contribution in [0.1, 0.15) is 24.8 Å². The van der Waals surface area contributed by atoms with E-state index in [-0.39, 0.29) is 34.5 Å². The molecule has 1 aliphatic rings. The second kappa shape index (κ2) is 6.02. The van der Waals surface area contributed by atoms with Gasteiger partial charge in [0.25, 0.3) is 0 Å². The zero-order valence-corrected chi connectivity index (χ0v) is 12.6. The number of benzene rings is 1. The number of carboxylic acids is 1. The minimum Gasteiger partial charge on any atom is -0.481 e. The summed E-state index contributed by atoms with van der Waals surface area (Å²) in [5.41, 5.74) is 0.194. The molecule has 0 amide bonds. The van der Waals surface area contributed by atoms with Crippen LogP contribution < -0.4 is 0 Å². The second-order valence-corrected chi connectivity index (χ2v) is 7.04. The van der Waals surface area contributed by atoms with Gasteiger partial charge in [-0.1, -0.05) is 11.6 Å². The molecule has 0 unspecified atom stereocenters. The van der Waals surface area contributed by atoms with Crippen LogP contribution in [-0.4, -0.2) is 36.4 Å². The first kappa shape index (κ1) is 15.8. The van der Waals surface area contributed by atoms with Crippen molar-refractivity contribution in [2.75, 3.05) is 6.54 Å². The molecule has 0 spiro atoms. The lowest BCUT2D eigenvalue weighted by atomic mass is 10.2. The summed E-state index contributed by atoms with van der Waals surface area (Å²) in [6.07, 6.45) is 1.20. The van der Waals surface area contributed by atoms with Gasteiger partial charge in [-0.3, -0.25) is 4.79 Å². The molecule has 6 nitrogen and oxygen atoms in total.